The van der Waals surface area contributed by atoms with Crippen molar-refractivity contribution in [2.75, 3.05) is 13.1 Å². The minimum absolute atomic E-state index is 0.0607. The number of Topliss-reactive ketones (excluding diaryl/α,β-unsaturated/α-hetero) is 2. The molecule has 150 valence electrons. The second kappa shape index (κ2) is 16.7. The Kier molecular flexibility index (Phi) is 15.6. The summed E-state index contributed by atoms with van der Waals surface area (Å²) in [6.45, 7) is 4.52. The van der Waals surface area contributed by atoms with Crippen molar-refractivity contribution in [2.45, 2.75) is 90.9 Å². The monoisotopic (exact) mass is 368 g/mol. The summed E-state index contributed by atoms with van der Waals surface area (Å²) in [6.07, 6.45) is 9.13. The normalized spacial score (nSPS) is 10.4. The van der Waals surface area contributed by atoms with Gasteiger partial charge in [0.25, 0.3) is 0 Å². The van der Waals surface area contributed by atoms with Crippen LogP contribution >= 0.6 is 0 Å². The number of amides is 2. The maximum atomic E-state index is 11.6. The van der Waals surface area contributed by atoms with E-state index in [0.717, 1.165) is 51.4 Å². The molecule has 0 aromatic carbocycles. The van der Waals surface area contributed by atoms with E-state index in [1.54, 1.807) is 13.8 Å². The highest BCUT2D eigenvalue weighted by Gasteiger charge is 2.03. The Morgan fingerprint density at radius 2 is 0.846 bits per heavy atom. The van der Waals surface area contributed by atoms with Gasteiger partial charge in [0.1, 0.15) is 11.6 Å². The van der Waals surface area contributed by atoms with E-state index in [1.807, 2.05) is 0 Å². The van der Waals surface area contributed by atoms with Gasteiger partial charge < -0.3 is 20.2 Å². The summed E-state index contributed by atoms with van der Waals surface area (Å²) in [4.78, 5) is 44.7. The van der Waals surface area contributed by atoms with E-state index in [4.69, 9.17) is 0 Å². The zero-order valence-electron chi connectivity index (χ0n) is 16.5. The number of ketones is 2. The number of unbranched alkanes of at least 4 members (excludes halogenated alkanes) is 5. The molecule has 0 rings (SSSR count). The van der Waals surface area contributed by atoms with Gasteiger partial charge >= 0.3 is 0 Å². The van der Waals surface area contributed by atoms with Gasteiger partial charge in [0.15, 0.2) is 0 Å². The number of nitrogens with one attached hydrogen (secondary N) is 2. The minimum atomic E-state index is 0.0607. The maximum absolute atomic E-state index is 11.6. The molecule has 0 aromatic heterocycles. The third-order valence-electron chi connectivity index (χ3n) is 4.11. The van der Waals surface area contributed by atoms with Crippen molar-refractivity contribution >= 4 is 23.4 Å². The van der Waals surface area contributed by atoms with Crippen LogP contribution in [0.3, 0.4) is 0 Å². The molecule has 0 saturated heterocycles. The van der Waals surface area contributed by atoms with Crippen molar-refractivity contribution in [3.05, 3.63) is 0 Å². The second-order valence-electron chi connectivity index (χ2n) is 6.93. The van der Waals surface area contributed by atoms with Crippen molar-refractivity contribution in [1.29, 1.82) is 0 Å². The van der Waals surface area contributed by atoms with Crippen molar-refractivity contribution in [3.8, 4) is 0 Å². The Morgan fingerprint density at radius 3 is 1.19 bits per heavy atom. The third-order valence-corrected chi connectivity index (χ3v) is 4.11. The summed E-state index contributed by atoms with van der Waals surface area (Å²) in [5.74, 6) is 0.473. The summed E-state index contributed by atoms with van der Waals surface area (Å²) >= 11 is 0. The SMILES string of the molecule is CC(=O)CCCCC(=O)NCCCCCCNC(=O)CCCCC(C)=O. The Bertz CT molecular complexity index is 396. The van der Waals surface area contributed by atoms with Crippen LogP contribution in [0.4, 0.5) is 0 Å². The van der Waals surface area contributed by atoms with Gasteiger partial charge in [-0.15, -0.1) is 0 Å². The van der Waals surface area contributed by atoms with E-state index in [9.17, 15) is 19.2 Å². The first-order valence-corrected chi connectivity index (χ1v) is 9.94. The van der Waals surface area contributed by atoms with Gasteiger partial charge in [-0.25, -0.2) is 0 Å². The van der Waals surface area contributed by atoms with Gasteiger partial charge in [-0.2, -0.15) is 0 Å². The van der Waals surface area contributed by atoms with Crippen molar-refractivity contribution in [3.63, 3.8) is 0 Å². The molecule has 6 nitrogen and oxygen atoms in total. The van der Waals surface area contributed by atoms with E-state index in [-0.39, 0.29) is 23.4 Å². The van der Waals surface area contributed by atoms with E-state index in [1.165, 1.54) is 0 Å². The molecule has 0 bridgehead atoms. The summed E-state index contributed by atoms with van der Waals surface area (Å²) in [6, 6.07) is 0. The third kappa shape index (κ3) is 18.6. The lowest BCUT2D eigenvalue weighted by Crippen LogP contribution is -2.24. The van der Waals surface area contributed by atoms with Crippen LogP contribution in [0, 0.1) is 0 Å². The van der Waals surface area contributed by atoms with Crippen molar-refractivity contribution in [1.82, 2.24) is 10.6 Å². The quantitative estimate of drug-likeness (QED) is 0.386. The molecule has 26 heavy (non-hydrogen) atoms. The lowest BCUT2D eigenvalue weighted by molar-refractivity contribution is -0.122. The predicted molar refractivity (Wildman–Crippen MR) is 103 cm³/mol. The van der Waals surface area contributed by atoms with E-state index < -0.39 is 0 Å². The molecule has 0 heterocycles. The van der Waals surface area contributed by atoms with Crippen molar-refractivity contribution in [2.24, 2.45) is 0 Å². The summed E-state index contributed by atoms with van der Waals surface area (Å²) in [7, 11) is 0. The van der Waals surface area contributed by atoms with Gasteiger partial charge in [0.2, 0.25) is 11.8 Å². The van der Waals surface area contributed by atoms with Gasteiger partial charge in [-0.1, -0.05) is 12.8 Å². The Morgan fingerprint density at radius 1 is 0.500 bits per heavy atom. The zero-order valence-corrected chi connectivity index (χ0v) is 16.5. The Balaban J connectivity index is 3.32. The number of carbonyl (C=O) groups excluding carboxylic acids is 4. The molecule has 0 aliphatic rings. The predicted octanol–water partition coefficient (Wildman–Crippen LogP) is 3.08. The molecule has 0 aliphatic carbocycles. The molecule has 0 unspecified atom stereocenters. The highest BCUT2D eigenvalue weighted by molar-refractivity contribution is 5.77. The maximum Gasteiger partial charge on any atom is 0.219 e. The molecule has 2 amide bonds. The van der Waals surface area contributed by atoms with Gasteiger partial charge in [-0.05, 0) is 52.4 Å². The molecule has 0 fully saturated rings. The summed E-state index contributed by atoms with van der Waals surface area (Å²) < 4.78 is 0. The van der Waals surface area contributed by atoms with E-state index in [0.29, 0.717) is 38.8 Å². The average molecular weight is 369 g/mol. The van der Waals surface area contributed by atoms with Crippen LogP contribution in [0.25, 0.3) is 0 Å². The number of carbonyl (C=O) groups is 4. The fourth-order valence-corrected chi connectivity index (χ4v) is 2.55. The highest BCUT2D eigenvalue weighted by atomic mass is 16.2. The van der Waals surface area contributed by atoms with Crippen LogP contribution < -0.4 is 10.6 Å². The fourth-order valence-electron chi connectivity index (χ4n) is 2.55. The van der Waals surface area contributed by atoms with E-state index in [2.05, 4.69) is 10.6 Å². The Hall–Kier alpha value is -1.72. The number of rotatable bonds is 17. The number of hydrogen-bond donors (Lipinski definition) is 2. The molecule has 0 radical (unpaired) electrons. The zero-order chi connectivity index (χ0) is 19.6. The molecule has 0 saturated carbocycles. The fraction of sp³-hybridized carbons (Fsp3) is 0.800. The second-order valence-corrected chi connectivity index (χ2v) is 6.93. The van der Waals surface area contributed by atoms with Crippen LogP contribution in [0.2, 0.25) is 0 Å². The van der Waals surface area contributed by atoms with Gasteiger partial charge in [0.05, 0.1) is 0 Å². The van der Waals surface area contributed by atoms with Crippen LogP contribution in [-0.4, -0.2) is 36.5 Å². The molecule has 0 atom stereocenters. The lowest BCUT2D eigenvalue weighted by Gasteiger charge is -2.06. The van der Waals surface area contributed by atoms with Gasteiger partial charge in [0, 0.05) is 38.8 Å². The molecule has 0 aromatic rings. The molecular formula is C20H36N2O4. The van der Waals surface area contributed by atoms with Crippen LogP contribution in [0.5, 0.6) is 0 Å². The van der Waals surface area contributed by atoms with E-state index >= 15 is 0 Å². The summed E-state index contributed by atoms with van der Waals surface area (Å²) in [5.41, 5.74) is 0. The number of hydrogen-bond acceptors (Lipinski definition) is 4. The topological polar surface area (TPSA) is 92.3 Å². The first-order valence-electron chi connectivity index (χ1n) is 9.94. The largest absolute Gasteiger partial charge is 0.356 e. The average Bonchev–Trinajstić information content (AvgIpc) is 2.57. The smallest absolute Gasteiger partial charge is 0.219 e. The standard InChI is InChI=1S/C20H36N2O4/c1-17(23)11-5-7-13-19(25)21-15-9-3-4-10-16-22-20(26)14-8-6-12-18(2)24/h3-16H2,1-2H3,(H,21,25)(H,22,26). The molecule has 0 spiro atoms. The van der Waals surface area contributed by atoms with Crippen LogP contribution in [0.1, 0.15) is 90.9 Å². The molecule has 2 N–H and O–H groups in total. The van der Waals surface area contributed by atoms with Crippen LogP contribution in [0.15, 0.2) is 0 Å². The van der Waals surface area contributed by atoms with Crippen molar-refractivity contribution < 1.29 is 19.2 Å². The Labute approximate surface area is 157 Å². The first-order chi connectivity index (χ1) is 12.4. The summed E-state index contributed by atoms with van der Waals surface area (Å²) in [5, 5.41) is 5.80. The van der Waals surface area contributed by atoms with Crippen LogP contribution in [-0.2, 0) is 19.2 Å². The van der Waals surface area contributed by atoms with Gasteiger partial charge in [-0.3, -0.25) is 9.59 Å². The lowest BCUT2D eigenvalue weighted by atomic mass is 10.1. The first kappa shape index (κ1) is 24.3. The molecule has 0 aliphatic heterocycles. The molecular weight excluding hydrogens is 332 g/mol. The molecule has 6 heteroatoms. The minimum Gasteiger partial charge on any atom is -0.356 e. The highest BCUT2D eigenvalue weighted by Crippen LogP contribution is 2.02.